The minimum absolute atomic E-state index is 0. The van der Waals surface area contributed by atoms with Crippen molar-refractivity contribution in [3.05, 3.63) is 161 Å². The zero-order valence-electron chi connectivity index (χ0n) is 33.2. The first-order chi connectivity index (χ1) is 27.4. The van der Waals surface area contributed by atoms with Crippen molar-refractivity contribution >= 4 is 61.2 Å². The van der Waals surface area contributed by atoms with Crippen LogP contribution in [-0.4, -0.2) is 50.5 Å². The van der Waals surface area contributed by atoms with Crippen molar-refractivity contribution in [2.45, 2.75) is 24.7 Å². The van der Waals surface area contributed by atoms with E-state index < -0.39 is 20.9 Å². The predicted octanol–water partition coefficient (Wildman–Crippen LogP) is -1.54. The number of ketones is 1. The van der Waals surface area contributed by atoms with Crippen molar-refractivity contribution in [3.8, 4) is 22.8 Å². The van der Waals surface area contributed by atoms with Gasteiger partial charge in [0.15, 0.2) is 0 Å². The predicted molar refractivity (Wildman–Crippen MR) is 215 cm³/mol. The summed E-state index contributed by atoms with van der Waals surface area (Å²) in [6, 6.07) is 39.9. The Morgan fingerprint density at radius 3 is 1.73 bits per heavy atom. The van der Waals surface area contributed by atoms with Crippen LogP contribution in [-0.2, 0) is 27.8 Å². The smallest absolute Gasteiger partial charge is 0.754 e. The average Bonchev–Trinajstić information content (AvgIpc) is 3.83. The molecule has 16 heteroatoms. The number of benzene rings is 6. The molecule has 2 heterocycles. The molecule has 0 unspecified atom stereocenters. The van der Waals surface area contributed by atoms with Crippen LogP contribution >= 0.6 is 0 Å². The summed E-state index contributed by atoms with van der Waals surface area (Å²) < 4.78 is 33.5. The molecule has 0 atom stereocenters. The van der Waals surface area contributed by atoms with Gasteiger partial charge in [0, 0.05) is 35.1 Å². The first-order valence-corrected chi connectivity index (χ1v) is 19.1. The van der Waals surface area contributed by atoms with Gasteiger partial charge in [-0.25, -0.2) is 9.97 Å². The molecule has 282 valence electrons. The number of H-pyrrole nitrogens is 2. The number of nitrogens with one attached hydrogen (secondary N) is 4. The number of carbonyl (C=O) groups is 3. The Bertz CT molecular complexity index is 2990. The van der Waals surface area contributed by atoms with Crippen molar-refractivity contribution in [1.82, 2.24) is 19.9 Å². The Hall–Kier alpha value is -4.22. The van der Waals surface area contributed by atoms with E-state index in [1.807, 2.05) is 67.6 Å². The van der Waals surface area contributed by atoms with E-state index in [1.165, 1.54) is 6.07 Å². The molecule has 2 aromatic heterocycles. The molecule has 8 aromatic rings. The summed E-state index contributed by atoms with van der Waals surface area (Å²) in [6.07, 6.45) is 0.423. The normalized spacial score (nSPS) is 10.9. The number of hydrogen-bond donors (Lipinski definition) is 4. The van der Waals surface area contributed by atoms with Crippen molar-refractivity contribution < 1.29 is 116 Å². The Morgan fingerprint density at radius 2 is 1.23 bits per heavy atom. The summed E-state index contributed by atoms with van der Waals surface area (Å²) in [4.78, 5) is 54.8. The first-order valence-electron chi connectivity index (χ1n) is 17.7. The quantitative estimate of drug-likeness (QED) is 0.0685. The van der Waals surface area contributed by atoms with Crippen LogP contribution in [0.25, 0.3) is 44.8 Å². The van der Waals surface area contributed by atoms with Crippen LogP contribution < -0.4 is 99.3 Å². The fourth-order valence-electron chi connectivity index (χ4n) is 6.44. The summed E-state index contributed by atoms with van der Waals surface area (Å²) in [7, 11) is -4.62. The van der Waals surface area contributed by atoms with E-state index in [-0.39, 0.29) is 119 Å². The second-order valence-corrected chi connectivity index (χ2v) is 14.8. The van der Waals surface area contributed by atoms with E-state index >= 15 is 0 Å². The largest absolute Gasteiger partial charge is 1.00 e. The number of Topliss-reactive ketones (excluding diaryl/α,β-unsaturated/α-hetero) is 1. The van der Waals surface area contributed by atoms with E-state index in [1.54, 1.807) is 42.5 Å². The summed E-state index contributed by atoms with van der Waals surface area (Å²) >= 11 is 0. The van der Waals surface area contributed by atoms with Gasteiger partial charge >= 0.3 is 88.7 Å². The van der Waals surface area contributed by atoms with Gasteiger partial charge in [-0.05, 0) is 59.7 Å². The Kier molecular flexibility index (Phi) is 15.7. The molecule has 0 aliphatic carbocycles. The van der Waals surface area contributed by atoms with Crippen LogP contribution in [0.3, 0.4) is 0 Å². The van der Waals surface area contributed by atoms with Gasteiger partial charge in [-0.3, -0.25) is 22.8 Å². The van der Waals surface area contributed by atoms with Gasteiger partial charge in [0.25, 0.3) is 11.8 Å². The van der Waals surface area contributed by atoms with Crippen LogP contribution in [0.5, 0.6) is 0 Å². The Labute approximate surface area is 412 Å². The summed E-state index contributed by atoms with van der Waals surface area (Å²) in [5.41, 5.74) is 8.58. The molecular formula is C44H31N6Na3O6S. The summed E-state index contributed by atoms with van der Waals surface area (Å²) in [5.74, 6) is 0.531. The standard InChI is InChI=1S/C44H32N6O6S.3Na/c1-26-6-2-3-11-36(26)50-44(53)32-13-19-38-40(25-32)49-42(47-38)30-10-5-8-28(21-30)23-34(51)22-27-7-4-9-29(20-27)41-46-37-18-12-31(24-39(37)48-41)43(52)45-33-14-16-35(17-15-33)57(54,55)56;;;/h3-14,16-21,24-25H,22-23H2,1H3,(H,45,52)(H,46,48)(H,47,49)(H,50,53)(H,54,55,56);;;/q-2;3*+1/p-1. The third kappa shape index (κ3) is 11.0. The SMILES string of the molecule is Cc1c[c-]ccc1NC(=O)c1ccc2nc(-c3cccc(CC(=O)Cc4cccc(-c5nc6ccc(C(=O)Nc7[c-]cc(S(=O)(=O)[O-])cc7)cc6[nH]5)c4)c3)[nH]c2c1.[Na+].[Na+].[Na+]. The molecule has 6 aromatic carbocycles. The maximum atomic E-state index is 13.3. The Balaban J connectivity index is 0.00000228. The van der Waals surface area contributed by atoms with E-state index in [4.69, 9.17) is 4.98 Å². The van der Waals surface area contributed by atoms with Crippen molar-refractivity contribution in [2.75, 3.05) is 10.6 Å². The maximum Gasteiger partial charge on any atom is 1.00 e. The molecule has 0 saturated carbocycles. The van der Waals surface area contributed by atoms with Crippen molar-refractivity contribution in [2.24, 2.45) is 0 Å². The van der Waals surface area contributed by atoms with E-state index in [9.17, 15) is 27.4 Å². The molecule has 0 spiro atoms. The van der Waals surface area contributed by atoms with Crippen molar-refractivity contribution in [3.63, 3.8) is 0 Å². The molecule has 0 bridgehead atoms. The van der Waals surface area contributed by atoms with Crippen LogP contribution in [0.2, 0.25) is 0 Å². The number of aromatic amines is 2. The monoisotopic (exact) mass is 840 g/mol. The van der Waals surface area contributed by atoms with Crippen LogP contribution in [0.4, 0.5) is 11.4 Å². The molecule has 8 rings (SSSR count). The molecule has 2 amide bonds. The number of rotatable bonds is 11. The number of anilines is 2. The molecule has 4 N–H and O–H groups in total. The van der Waals surface area contributed by atoms with Gasteiger partial charge in [-0.15, -0.1) is 17.7 Å². The third-order valence-electron chi connectivity index (χ3n) is 9.33. The zero-order chi connectivity index (χ0) is 39.7. The second kappa shape index (κ2) is 20.1. The molecule has 12 nitrogen and oxygen atoms in total. The van der Waals surface area contributed by atoms with Gasteiger partial charge in [-0.2, -0.15) is 36.4 Å². The van der Waals surface area contributed by atoms with Crippen LogP contribution in [0.1, 0.15) is 37.4 Å². The fourth-order valence-corrected chi connectivity index (χ4v) is 6.87. The minimum atomic E-state index is -4.62. The number of carbonyl (C=O) groups excluding carboxylic acids is 3. The molecule has 0 aliphatic heterocycles. The van der Waals surface area contributed by atoms with Gasteiger partial charge in [0.1, 0.15) is 17.4 Å². The number of aryl methyl sites for hydroxylation is 1. The van der Waals surface area contributed by atoms with Crippen LogP contribution in [0, 0.1) is 19.1 Å². The van der Waals surface area contributed by atoms with Gasteiger partial charge in [0.2, 0.25) is 0 Å². The fraction of sp³-hybridized carbons (Fsp3) is 0.0682. The van der Waals surface area contributed by atoms with Crippen LogP contribution in [0.15, 0.2) is 126 Å². The molecule has 0 saturated heterocycles. The maximum absolute atomic E-state index is 13.3. The summed E-state index contributed by atoms with van der Waals surface area (Å²) in [5, 5.41) is 5.58. The number of aromatic nitrogens is 4. The molecule has 60 heavy (non-hydrogen) atoms. The topological polar surface area (TPSA) is 190 Å². The number of hydrogen-bond acceptors (Lipinski definition) is 8. The number of fused-ring (bicyclic) bond motifs is 2. The number of amides is 2. The van der Waals surface area contributed by atoms with Gasteiger partial charge in [0.05, 0.1) is 32.2 Å². The second-order valence-electron chi connectivity index (χ2n) is 13.5. The zero-order valence-corrected chi connectivity index (χ0v) is 40.0. The molecule has 0 radical (unpaired) electrons. The van der Waals surface area contributed by atoms with E-state index in [0.29, 0.717) is 44.8 Å². The first kappa shape index (κ1) is 46.8. The number of imidazole rings is 2. The van der Waals surface area contributed by atoms with E-state index in [2.05, 4.69) is 37.7 Å². The average molecular weight is 841 g/mol. The Morgan fingerprint density at radius 1 is 0.683 bits per heavy atom. The molecular weight excluding hydrogens is 810 g/mol. The van der Waals surface area contributed by atoms with Crippen molar-refractivity contribution in [1.29, 1.82) is 0 Å². The van der Waals surface area contributed by atoms with Gasteiger partial charge < -0.3 is 25.2 Å². The summed E-state index contributed by atoms with van der Waals surface area (Å²) in [6.45, 7) is 1.91. The third-order valence-corrected chi connectivity index (χ3v) is 10.2. The molecule has 0 aliphatic rings. The number of nitrogens with zero attached hydrogens (tertiary/aromatic N) is 2. The van der Waals surface area contributed by atoms with E-state index in [0.717, 1.165) is 45.6 Å². The molecule has 0 fully saturated rings. The van der Waals surface area contributed by atoms with Gasteiger partial charge in [-0.1, -0.05) is 59.6 Å². The minimum Gasteiger partial charge on any atom is -0.754 e.